The molecule has 5 aromatic rings. The highest BCUT2D eigenvalue weighted by molar-refractivity contribution is 6.21. The number of methoxy groups -OCH3 is 1. The van der Waals surface area contributed by atoms with E-state index in [1.807, 2.05) is 0 Å². The summed E-state index contributed by atoms with van der Waals surface area (Å²) in [6.45, 7) is 0. The van der Waals surface area contributed by atoms with Gasteiger partial charge in [-0.2, -0.15) is 22.0 Å². The summed E-state index contributed by atoms with van der Waals surface area (Å²) in [5, 5.41) is -2.71. The first kappa shape index (κ1) is 28.1. The Morgan fingerprint density at radius 3 is 1.41 bits per heavy atom. The van der Waals surface area contributed by atoms with Crippen LogP contribution in [0.4, 0.5) is 52.7 Å². The lowest BCUT2D eigenvalue weighted by atomic mass is 9.84. The Balaban J connectivity index is 2.07. The van der Waals surface area contributed by atoms with Gasteiger partial charge in [0.2, 0.25) is 11.6 Å². The molecule has 0 radical (unpaired) electrons. The summed E-state index contributed by atoms with van der Waals surface area (Å²) in [5.74, 6) is -21.6. The zero-order chi connectivity index (χ0) is 30.1. The van der Waals surface area contributed by atoms with Crippen LogP contribution in [0.5, 0.6) is 5.75 Å². The average Bonchev–Trinajstić information content (AvgIpc) is 2.91. The van der Waals surface area contributed by atoms with Gasteiger partial charge < -0.3 is 4.74 Å². The van der Waals surface area contributed by atoms with Gasteiger partial charge in [0, 0.05) is 16.5 Å². The minimum atomic E-state index is -5.87. The van der Waals surface area contributed by atoms with Crippen LogP contribution in [0, 0.1) is 52.4 Å². The van der Waals surface area contributed by atoms with Gasteiger partial charge in [0.05, 0.1) is 18.2 Å². The maximum atomic E-state index is 15.4. The Hall–Kier alpha value is -4.42. The van der Waals surface area contributed by atoms with Crippen molar-refractivity contribution in [2.75, 3.05) is 7.11 Å². The first-order valence-corrected chi connectivity index (χ1v) is 11.2. The van der Waals surface area contributed by atoms with Gasteiger partial charge in [-0.1, -0.05) is 36.4 Å². The van der Waals surface area contributed by atoms with E-state index in [2.05, 4.69) is 4.74 Å². The Kier molecular flexibility index (Phi) is 6.58. The average molecular weight is 590 g/mol. The standard InChI is InChI=1S/C28H10F12O/c1-41-27-25(36)21(32)16(22(33)26(27)37)13-9-5-2-3-6-10(9)15(14-11(13)7-4-8-12(14)29)17-19(30)23(34)18(28(38,39)40)24(35)20(17)31/h2-8H,1H3. The number of ether oxygens (including phenoxy) is 1. The number of fused-ring (bicyclic) bond motifs is 2. The summed E-state index contributed by atoms with van der Waals surface area (Å²) in [6, 6.07) is 6.80. The normalized spacial score (nSPS) is 12.0. The van der Waals surface area contributed by atoms with Crippen molar-refractivity contribution < 1.29 is 57.4 Å². The second kappa shape index (κ2) is 9.60. The summed E-state index contributed by atoms with van der Waals surface area (Å²) >= 11 is 0. The van der Waals surface area contributed by atoms with Crippen LogP contribution in [0.1, 0.15) is 5.56 Å². The third-order valence-electron chi connectivity index (χ3n) is 6.47. The lowest BCUT2D eigenvalue weighted by Gasteiger charge is -2.21. The summed E-state index contributed by atoms with van der Waals surface area (Å²) in [7, 11) is 0.723. The van der Waals surface area contributed by atoms with E-state index in [0.29, 0.717) is 6.07 Å². The van der Waals surface area contributed by atoms with Crippen molar-refractivity contribution in [2.45, 2.75) is 6.18 Å². The minimum absolute atomic E-state index is 0.470. The van der Waals surface area contributed by atoms with Crippen molar-refractivity contribution >= 4 is 21.5 Å². The molecule has 5 aromatic carbocycles. The first-order chi connectivity index (χ1) is 19.2. The molecule has 0 saturated carbocycles. The van der Waals surface area contributed by atoms with E-state index < -0.39 is 114 Å². The van der Waals surface area contributed by atoms with E-state index in [1.54, 1.807) is 0 Å². The molecule has 41 heavy (non-hydrogen) atoms. The van der Waals surface area contributed by atoms with Crippen LogP contribution >= 0.6 is 0 Å². The topological polar surface area (TPSA) is 9.23 Å². The van der Waals surface area contributed by atoms with E-state index in [4.69, 9.17) is 0 Å². The largest absolute Gasteiger partial charge is 0.491 e. The molecule has 0 aromatic heterocycles. The van der Waals surface area contributed by atoms with E-state index in [-0.39, 0.29) is 0 Å². The van der Waals surface area contributed by atoms with Crippen LogP contribution in [0.3, 0.4) is 0 Å². The van der Waals surface area contributed by atoms with E-state index in [9.17, 15) is 30.7 Å². The molecule has 5 rings (SSSR count). The van der Waals surface area contributed by atoms with Crippen LogP contribution in [-0.4, -0.2) is 7.11 Å². The maximum Gasteiger partial charge on any atom is 0.422 e. The number of alkyl halides is 3. The molecule has 0 aliphatic carbocycles. The molecular weight excluding hydrogens is 580 g/mol. The zero-order valence-corrected chi connectivity index (χ0v) is 20.0. The van der Waals surface area contributed by atoms with Crippen molar-refractivity contribution in [2.24, 2.45) is 0 Å². The molecule has 0 aliphatic heterocycles. The lowest BCUT2D eigenvalue weighted by Crippen LogP contribution is -2.16. The van der Waals surface area contributed by atoms with E-state index >= 15 is 22.0 Å². The molecule has 1 nitrogen and oxygen atoms in total. The molecule has 0 saturated heterocycles. The van der Waals surface area contributed by atoms with Crippen LogP contribution in [-0.2, 0) is 6.18 Å². The van der Waals surface area contributed by atoms with Crippen LogP contribution in [0.2, 0.25) is 0 Å². The molecule has 0 bridgehead atoms. The fraction of sp³-hybridized carbons (Fsp3) is 0.0714. The Labute approximate surface area is 221 Å². The number of halogens is 12. The molecule has 0 N–H and O–H groups in total. The molecule has 0 amide bonds. The molecule has 0 aliphatic rings. The predicted octanol–water partition coefficient (Wildman–Crippen LogP) is 9.61. The van der Waals surface area contributed by atoms with Gasteiger partial charge in [-0.15, -0.1) is 0 Å². The van der Waals surface area contributed by atoms with Gasteiger partial charge in [-0.25, -0.2) is 30.7 Å². The predicted molar refractivity (Wildman–Crippen MR) is 124 cm³/mol. The lowest BCUT2D eigenvalue weighted by molar-refractivity contribution is -0.143. The van der Waals surface area contributed by atoms with Crippen LogP contribution in [0.25, 0.3) is 43.8 Å². The quantitative estimate of drug-likeness (QED) is 0.116. The summed E-state index contributed by atoms with van der Waals surface area (Å²) in [6.07, 6.45) is -5.87. The van der Waals surface area contributed by atoms with Gasteiger partial charge >= 0.3 is 6.18 Å². The first-order valence-electron chi connectivity index (χ1n) is 11.2. The monoisotopic (exact) mass is 590 g/mol. The highest BCUT2D eigenvalue weighted by Gasteiger charge is 2.43. The summed E-state index contributed by atoms with van der Waals surface area (Å²) in [4.78, 5) is 0. The number of hydrogen-bond acceptors (Lipinski definition) is 1. The van der Waals surface area contributed by atoms with Gasteiger partial charge in [0.25, 0.3) is 0 Å². The summed E-state index contributed by atoms with van der Waals surface area (Å²) < 4.78 is 179. The number of hydrogen-bond donors (Lipinski definition) is 0. The Morgan fingerprint density at radius 2 is 0.927 bits per heavy atom. The molecule has 0 unspecified atom stereocenters. The zero-order valence-electron chi connectivity index (χ0n) is 20.0. The van der Waals surface area contributed by atoms with Crippen LogP contribution in [0.15, 0.2) is 42.5 Å². The molecule has 0 spiro atoms. The summed E-state index contributed by atoms with van der Waals surface area (Å²) in [5.41, 5.74) is -7.82. The molecular formula is C28H10F12O. The molecule has 212 valence electrons. The molecule has 0 heterocycles. The highest BCUT2D eigenvalue weighted by atomic mass is 19.4. The van der Waals surface area contributed by atoms with Crippen molar-refractivity contribution in [3.8, 4) is 28.0 Å². The highest BCUT2D eigenvalue weighted by Crippen LogP contribution is 2.49. The number of rotatable bonds is 3. The number of benzene rings is 5. The van der Waals surface area contributed by atoms with E-state index in [1.165, 1.54) is 6.07 Å². The second-order valence-corrected chi connectivity index (χ2v) is 8.63. The van der Waals surface area contributed by atoms with E-state index in [0.717, 1.165) is 37.4 Å². The maximum absolute atomic E-state index is 15.4. The third-order valence-corrected chi connectivity index (χ3v) is 6.47. The third kappa shape index (κ3) is 3.97. The van der Waals surface area contributed by atoms with Crippen molar-refractivity contribution in [1.29, 1.82) is 0 Å². The van der Waals surface area contributed by atoms with Crippen molar-refractivity contribution in [1.82, 2.24) is 0 Å². The van der Waals surface area contributed by atoms with Crippen LogP contribution < -0.4 is 4.74 Å². The van der Waals surface area contributed by atoms with Gasteiger partial charge in [-0.05, 0) is 22.2 Å². The Bertz CT molecular complexity index is 1850. The Morgan fingerprint density at radius 1 is 0.488 bits per heavy atom. The van der Waals surface area contributed by atoms with Crippen molar-refractivity contribution in [3.63, 3.8) is 0 Å². The molecule has 0 atom stereocenters. The minimum Gasteiger partial charge on any atom is -0.491 e. The van der Waals surface area contributed by atoms with Crippen molar-refractivity contribution in [3.05, 3.63) is 100 Å². The van der Waals surface area contributed by atoms with Gasteiger partial charge in [-0.3, -0.25) is 0 Å². The molecule has 13 heteroatoms. The second-order valence-electron chi connectivity index (χ2n) is 8.63. The molecule has 0 fully saturated rings. The fourth-order valence-corrected chi connectivity index (χ4v) is 4.82. The van der Waals surface area contributed by atoms with Gasteiger partial charge in [0.15, 0.2) is 40.7 Å². The van der Waals surface area contributed by atoms with Gasteiger partial charge in [0.1, 0.15) is 11.4 Å². The smallest absolute Gasteiger partial charge is 0.422 e. The SMILES string of the molecule is COc1c(F)c(F)c(-c2c3ccccc3c(-c3c(F)c(F)c(C(F)(F)F)c(F)c3F)c3c(F)cccc23)c(F)c1F. The fourth-order valence-electron chi connectivity index (χ4n) is 4.82.